The van der Waals surface area contributed by atoms with Gasteiger partial charge in [0.15, 0.2) is 6.10 Å². The van der Waals surface area contributed by atoms with Crippen LogP contribution < -0.4 is 0 Å². The average Bonchev–Trinajstić information content (AvgIpc) is 3.19. The highest BCUT2D eigenvalue weighted by molar-refractivity contribution is 7.47. The van der Waals surface area contributed by atoms with E-state index in [1.54, 1.807) is 36.5 Å². The first kappa shape index (κ1) is 57.4. The Balaban J connectivity index is 4.58. The Labute approximate surface area is 364 Å². The molecule has 0 rings (SSSR count). The molecule has 0 aromatic heterocycles. The number of unbranched alkanes of at least 4 members (excludes halogenated alkanes) is 14. The van der Waals surface area contributed by atoms with Gasteiger partial charge < -0.3 is 29.1 Å². The molecule has 1 unspecified atom stereocenters. The van der Waals surface area contributed by atoms with Crippen LogP contribution in [0.25, 0.3) is 0 Å². The number of quaternary nitrogens is 1. The molecule has 12 heteroatoms. The van der Waals surface area contributed by atoms with Gasteiger partial charge in [-0.3, -0.25) is 18.6 Å². The van der Waals surface area contributed by atoms with Gasteiger partial charge in [0.2, 0.25) is 0 Å². The third-order valence-corrected chi connectivity index (χ3v) is 10.4. The van der Waals surface area contributed by atoms with Crippen LogP contribution in [0.5, 0.6) is 0 Å². The summed E-state index contributed by atoms with van der Waals surface area (Å²) in [5.74, 6) is -0.967. The maximum Gasteiger partial charge on any atom is 0.472 e. The Morgan fingerprint density at radius 3 is 1.67 bits per heavy atom. The highest BCUT2D eigenvalue weighted by Crippen LogP contribution is 2.43. The summed E-state index contributed by atoms with van der Waals surface area (Å²) in [6.07, 6.45) is 41.7. The molecular weight excluding hydrogens is 781 g/mol. The highest BCUT2D eigenvalue weighted by Gasteiger charge is 2.27. The lowest BCUT2D eigenvalue weighted by Crippen LogP contribution is -2.37. The summed E-state index contributed by atoms with van der Waals surface area (Å²) < 4.78 is 34.2. The van der Waals surface area contributed by atoms with E-state index in [9.17, 15) is 29.3 Å². The Hall–Kier alpha value is -2.63. The minimum atomic E-state index is -4.43. The normalized spacial score (nSPS) is 15.3. The number of phosphoric ester groups is 1. The molecule has 3 N–H and O–H groups in total. The van der Waals surface area contributed by atoms with Gasteiger partial charge in [-0.25, -0.2) is 4.57 Å². The van der Waals surface area contributed by atoms with Crippen LogP contribution in [0, 0.1) is 0 Å². The standard InChI is InChI=1S/C48H84NO10P/c1-6-8-10-11-12-13-14-15-16-17-18-19-20-24-32-38-47(52)56-42-46(43-58-60(54,55)57-41-40-49(3,4)5)59-48(53)39-33-25-22-21-23-29-35-45(51)37-31-27-26-30-36-44(50)34-28-9-7-2/h9,22-23,25-31,36-37,44-46,50-51H,6-8,10-21,24,32-35,38-43H2,1-5H3/p+1/b25-22-,27-26-,28-9-,29-23-,36-30+,37-31+/t44-,45+,46+/m0/s1. The van der Waals surface area contributed by atoms with Crippen molar-refractivity contribution in [2.75, 3.05) is 47.5 Å². The van der Waals surface area contributed by atoms with Gasteiger partial charge in [-0.1, -0.05) is 177 Å². The second-order valence-corrected chi connectivity index (χ2v) is 17.9. The molecule has 0 aromatic rings. The van der Waals surface area contributed by atoms with Crippen LogP contribution >= 0.6 is 7.82 Å². The topological polar surface area (TPSA) is 149 Å². The fourth-order valence-corrected chi connectivity index (χ4v) is 6.54. The fourth-order valence-electron chi connectivity index (χ4n) is 5.80. The number of carbonyl (C=O) groups is 2. The molecule has 0 aliphatic rings. The third kappa shape index (κ3) is 42.1. The minimum absolute atomic E-state index is 0.00424. The molecule has 0 amide bonds. The Morgan fingerprint density at radius 2 is 1.13 bits per heavy atom. The van der Waals surface area contributed by atoms with E-state index in [2.05, 4.69) is 6.92 Å². The molecule has 0 saturated carbocycles. The van der Waals surface area contributed by atoms with Crippen molar-refractivity contribution < 1.29 is 52.3 Å². The van der Waals surface area contributed by atoms with Gasteiger partial charge in [-0.05, 0) is 38.5 Å². The number of hydrogen-bond donors (Lipinski definition) is 3. The van der Waals surface area contributed by atoms with Crippen molar-refractivity contribution >= 4 is 19.8 Å². The van der Waals surface area contributed by atoms with E-state index in [1.165, 1.54) is 70.6 Å². The number of aliphatic hydroxyl groups excluding tert-OH is 2. The van der Waals surface area contributed by atoms with Crippen molar-refractivity contribution in [3.63, 3.8) is 0 Å². The van der Waals surface area contributed by atoms with E-state index in [-0.39, 0.29) is 26.1 Å². The van der Waals surface area contributed by atoms with Crippen molar-refractivity contribution in [2.45, 2.75) is 173 Å². The quantitative estimate of drug-likeness (QED) is 0.0136. The van der Waals surface area contributed by atoms with Crippen molar-refractivity contribution in [2.24, 2.45) is 0 Å². The largest absolute Gasteiger partial charge is 0.472 e. The van der Waals surface area contributed by atoms with Crippen LogP contribution in [-0.2, 0) is 32.7 Å². The molecule has 346 valence electrons. The van der Waals surface area contributed by atoms with Gasteiger partial charge in [0.1, 0.15) is 19.8 Å². The van der Waals surface area contributed by atoms with Gasteiger partial charge in [0.05, 0.1) is 40.0 Å². The van der Waals surface area contributed by atoms with Crippen LogP contribution in [0.15, 0.2) is 72.9 Å². The lowest BCUT2D eigenvalue weighted by Gasteiger charge is -2.24. The molecule has 4 atom stereocenters. The molecule has 0 heterocycles. The molecule has 0 spiro atoms. The molecule has 0 aliphatic carbocycles. The Bertz CT molecular complexity index is 1290. The van der Waals surface area contributed by atoms with Gasteiger partial charge in [-0.15, -0.1) is 0 Å². The van der Waals surface area contributed by atoms with E-state index in [1.807, 2.05) is 64.5 Å². The van der Waals surface area contributed by atoms with E-state index < -0.39 is 44.7 Å². The van der Waals surface area contributed by atoms with Gasteiger partial charge in [0.25, 0.3) is 0 Å². The zero-order valence-corrected chi connectivity index (χ0v) is 39.0. The Morgan fingerprint density at radius 1 is 0.617 bits per heavy atom. The van der Waals surface area contributed by atoms with Crippen LogP contribution in [0.2, 0.25) is 0 Å². The maximum atomic E-state index is 12.7. The first-order chi connectivity index (χ1) is 28.8. The van der Waals surface area contributed by atoms with Crippen LogP contribution in [0.4, 0.5) is 0 Å². The molecule has 60 heavy (non-hydrogen) atoms. The Kier molecular flexibility index (Phi) is 37.5. The summed E-state index contributed by atoms with van der Waals surface area (Å²) in [4.78, 5) is 35.4. The monoisotopic (exact) mass is 867 g/mol. The van der Waals surface area contributed by atoms with Crippen molar-refractivity contribution in [3.8, 4) is 0 Å². The van der Waals surface area contributed by atoms with Crippen molar-refractivity contribution in [3.05, 3.63) is 72.9 Å². The van der Waals surface area contributed by atoms with Crippen LogP contribution in [0.3, 0.4) is 0 Å². The number of carbonyl (C=O) groups excluding carboxylic acids is 2. The van der Waals surface area contributed by atoms with Gasteiger partial charge >= 0.3 is 19.8 Å². The van der Waals surface area contributed by atoms with Crippen LogP contribution in [0.1, 0.15) is 155 Å². The zero-order chi connectivity index (χ0) is 44.6. The number of ether oxygens (including phenoxy) is 2. The molecule has 0 aliphatic heterocycles. The highest BCUT2D eigenvalue weighted by atomic mass is 31.2. The minimum Gasteiger partial charge on any atom is -0.462 e. The van der Waals surface area contributed by atoms with Crippen molar-refractivity contribution in [1.82, 2.24) is 0 Å². The number of hydrogen-bond acceptors (Lipinski definition) is 9. The first-order valence-electron chi connectivity index (χ1n) is 22.9. The number of allylic oxidation sites excluding steroid dienone is 8. The van der Waals surface area contributed by atoms with E-state index >= 15 is 0 Å². The maximum absolute atomic E-state index is 12.7. The zero-order valence-electron chi connectivity index (χ0n) is 38.1. The number of aliphatic hydroxyl groups is 2. The average molecular weight is 867 g/mol. The molecule has 0 fully saturated rings. The SMILES string of the molecule is CC/C=C\C[C@H](O)/C=C/C=C\C=C\[C@H](O)C/C=C\C/C=C\CCC(=O)O[C@H](COC(=O)CCCCCCCCCCCCCCCCC)COP(=O)(O)OCC[N+](C)(C)C. The number of esters is 2. The first-order valence-corrected chi connectivity index (χ1v) is 24.4. The summed E-state index contributed by atoms with van der Waals surface area (Å²) in [7, 11) is 1.35. The molecule has 0 aromatic carbocycles. The number of phosphoric acid groups is 1. The molecule has 11 nitrogen and oxygen atoms in total. The number of likely N-dealkylation sites (N-methyl/N-ethyl adjacent to an activating group) is 1. The summed E-state index contributed by atoms with van der Waals surface area (Å²) >= 11 is 0. The third-order valence-electron chi connectivity index (χ3n) is 9.43. The number of rotatable bonds is 40. The summed E-state index contributed by atoms with van der Waals surface area (Å²) in [6.45, 7) is 4.02. The smallest absolute Gasteiger partial charge is 0.462 e. The molecule has 0 bridgehead atoms. The predicted octanol–water partition coefficient (Wildman–Crippen LogP) is 11.0. The van der Waals surface area contributed by atoms with Crippen molar-refractivity contribution in [1.29, 1.82) is 0 Å². The van der Waals surface area contributed by atoms with Gasteiger partial charge in [-0.2, -0.15) is 0 Å². The lowest BCUT2D eigenvalue weighted by atomic mass is 10.0. The molecule has 0 radical (unpaired) electrons. The fraction of sp³-hybridized carbons (Fsp3) is 0.708. The van der Waals surface area contributed by atoms with E-state index in [0.29, 0.717) is 43.1 Å². The van der Waals surface area contributed by atoms with Crippen LogP contribution in [-0.4, -0.2) is 97.3 Å². The second-order valence-electron chi connectivity index (χ2n) is 16.5. The summed E-state index contributed by atoms with van der Waals surface area (Å²) in [5, 5.41) is 20.0. The summed E-state index contributed by atoms with van der Waals surface area (Å²) in [5.41, 5.74) is 0. The second kappa shape index (κ2) is 39.2. The number of nitrogens with zero attached hydrogens (tertiary/aromatic N) is 1. The predicted molar refractivity (Wildman–Crippen MR) is 245 cm³/mol. The summed E-state index contributed by atoms with van der Waals surface area (Å²) in [6, 6.07) is 0. The molecule has 0 saturated heterocycles. The van der Waals surface area contributed by atoms with Gasteiger partial charge in [0, 0.05) is 12.8 Å². The van der Waals surface area contributed by atoms with E-state index in [4.69, 9.17) is 18.5 Å². The lowest BCUT2D eigenvalue weighted by molar-refractivity contribution is -0.870. The van der Waals surface area contributed by atoms with E-state index in [0.717, 1.165) is 25.7 Å². The molecular formula is C48H85NO10P+.